The van der Waals surface area contributed by atoms with E-state index in [-0.39, 0.29) is 17.5 Å². The van der Waals surface area contributed by atoms with Crippen molar-refractivity contribution in [3.8, 4) is 10.6 Å². The van der Waals surface area contributed by atoms with Crippen LogP contribution in [0.25, 0.3) is 10.6 Å². The monoisotopic (exact) mass is 335 g/mol. The van der Waals surface area contributed by atoms with E-state index in [1.807, 2.05) is 0 Å². The Balaban J connectivity index is 1.51. The fourth-order valence-corrected chi connectivity index (χ4v) is 4.23. The van der Waals surface area contributed by atoms with Crippen molar-refractivity contribution in [2.75, 3.05) is 0 Å². The molecular formula is C16H15F2N3OS. The number of halogens is 2. The number of amides is 1. The van der Waals surface area contributed by atoms with Crippen LogP contribution in [0.4, 0.5) is 8.78 Å². The van der Waals surface area contributed by atoms with Gasteiger partial charge in [0.15, 0.2) is 0 Å². The molecule has 2 saturated heterocycles. The van der Waals surface area contributed by atoms with Crippen molar-refractivity contribution < 1.29 is 13.6 Å². The fourth-order valence-electron chi connectivity index (χ4n) is 3.39. The number of benzene rings is 1. The first-order chi connectivity index (χ1) is 11.1. The first kappa shape index (κ1) is 14.7. The molecule has 1 unspecified atom stereocenters. The molecular weight excluding hydrogens is 320 g/mol. The third kappa shape index (κ3) is 2.74. The molecule has 3 atom stereocenters. The first-order valence-corrected chi connectivity index (χ1v) is 8.40. The smallest absolute Gasteiger partial charge is 0.263 e. The van der Waals surface area contributed by atoms with E-state index in [1.165, 1.54) is 12.6 Å². The minimum atomic E-state index is -0.551. The molecule has 0 aliphatic carbocycles. The summed E-state index contributed by atoms with van der Waals surface area (Å²) in [6, 6.07) is 4.20. The van der Waals surface area contributed by atoms with Crippen LogP contribution in [0, 0.1) is 11.6 Å². The van der Waals surface area contributed by atoms with E-state index in [2.05, 4.69) is 15.6 Å². The lowest BCUT2D eigenvalue weighted by molar-refractivity contribution is 0.0935. The number of nitrogens with one attached hydrogen (secondary N) is 2. The summed E-state index contributed by atoms with van der Waals surface area (Å²) in [4.78, 5) is 16.8. The van der Waals surface area contributed by atoms with Gasteiger partial charge >= 0.3 is 0 Å². The molecule has 3 heterocycles. The van der Waals surface area contributed by atoms with Crippen LogP contribution in [0.15, 0.2) is 24.4 Å². The van der Waals surface area contributed by atoms with E-state index in [9.17, 15) is 13.6 Å². The van der Waals surface area contributed by atoms with Crippen molar-refractivity contribution in [2.24, 2.45) is 0 Å². The Bertz CT molecular complexity index is 764. The molecule has 2 aliphatic heterocycles. The van der Waals surface area contributed by atoms with Gasteiger partial charge in [0.2, 0.25) is 0 Å². The predicted molar refractivity (Wildman–Crippen MR) is 83.3 cm³/mol. The van der Waals surface area contributed by atoms with Crippen molar-refractivity contribution in [3.05, 3.63) is 40.9 Å². The zero-order valence-corrected chi connectivity index (χ0v) is 13.0. The summed E-state index contributed by atoms with van der Waals surface area (Å²) < 4.78 is 27.1. The molecule has 120 valence electrons. The number of rotatable bonds is 3. The second-order valence-electron chi connectivity index (χ2n) is 6.02. The Morgan fingerprint density at radius 3 is 2.96 bits per heavy atom. The second-order valence-corrected chi connectivity index (χ2v) is 7.05. The van der Waals surface area contributed by atoms with Crippen LogP contribution in [0.2, 0.25) is 0 Å². The molecule has 0 spiro atoms. The van der Waals surface area contributed by atoms with Gasteiger partial charge in [0.1, 0.15) is 21.5 Å². The standard InChI is InChI=1S/C16H15F2N3OS/c17-8-1-3-11(18)10(5-8)16-19-7-14(23-16)15(22)21-13-6-9-2-4-12(13)20-9/h1,3,5,7,9,12-13,20H,2,4,6H2,(H,21,22)/t9-,12+,13?/m1/s1. The maximum absolute atomic E-state index is 13.8. The lowest BCUT2D eigenvalue weighted by Gasteiger charge is -2.20. The molecule has 0 radical (unpaired) electrons. The Hall–Kier alpha value is -1.86. The van der Waals surface area contributed by atoms with Crippen LogP contribution >= 0.6 is 11.3 Å². The van der Waals surface area contributed by atoms with E-state index in [0.717, 1.165) is 42.4 Å². The molecule has 1 aromatic carbocycles. The van der Waals surface area contributed by atoms with E-state index in [0.29, 0.717) is 22.0 Å². The van der Waals surface area contributed by atoms with Gasteiger partial charge in [-0.2, -0.15) is 0 Å². The van der Waals surface area contributed by atoms with Crippen LogP contribution in [0.1, 0.15) is 28.9 Å². The number of fused-ring (bicyclic) bond motifs is 2. The van der Waals surface area contributed by atoms with Crippen LogP contribution in [0.5, 0.6) is 0 Å². The molecule has 23 heavy (non-hydrogen) atoms. The molecule has 2 fully saturated rings. The second kappa shape index (κ2) is 5.65. The molecule has 4 nitrogen and oxygen atoms in total. The van der Waals surface area contributed by atoms with Crippen molar-refractivity contribution >= 4 is 17.2 Å². The highest BCUT2D eigenvalue weighted by molar-refractivity contribution is 7.16. The average molecular weight is 335 g/mol. The highest BCUT2D eigenvalue weighted by atomic mass is 32.1. The SMILES string of the molecule is O=C(NC1C[C@H]2CC[C@@H]1N2)c1cnc(-c2cc(F)ccc2F)s1. The van der Waals surface area contributed by atoms with Gasteiger partial charge in [-0.25, -0.2) is 13.8 Å². The maximum Gasteiger partial charge on any atom is 0.263 e. The van der Waals surface area contributed by atoms with Gasteiger partial charge < -0.3 is 10.6 Å². The highest BCUT2D eigenvalue weighted by Gasteiger charge is 2.39. The van der Waals surface area contributed by atoms with Crippen molar-refractivity contribution in [3.63, 3.8) is 0 Å². The molecule has 2 aromatic rings. The Kier molecular flexibility index (Phi) is 3.61. The molecule has 2 aliphatic rings. The normalized spacial score (nSPS) is 25.7. The summed E-state index contributed by atoms with van der Waals surface area (Å²) in [5.74, 6) is -1.29. The molecule has 4 rings (SSSR count). The van der Waals surface area contributed by atoms with E-state index < -0.39 is 11.6 Å². The van der Waals surface area contributed by atoms with Gasteiger partial charge in [-0.15, -0.1) is 11.3 Å². The zero-order valence-electron chi connectivity index (χ0n) is 12.2. The summed E-state index contributed by atoms with van der Waals surface area (Å²) in [5.41, 5.74) is 0.0793. The molecule has 1 amide bonds. The minimum absolute atomic E-state index is 0.0793. The van der Waals surface area contributed by atoms with E-state index in [4.69, 9.17) is 0 Å². The third-order valence-corrected chi connectivity index (χ3v) is 5.53. The summed E-state index contributed by atoms with van der Waals surface area (Å²) in [7, 11) is 0. The number of carbonyl (C=O) groups is 1. The quantitative estimate of drug-likeness (QED) is 0.907. The van der Waals surface area contributed by atoms with Gasteiger partial charge in [-0.05, 0) is 37.5 Å². The third-order valence-electron chi connectivity index (χ3n) is 4.50. The molecule has 7 heteroatoms. The first-order valence-electron chi connectivity index (χ1n) is 7.58. The van der Waals surface area contributed by atoms with Crippen molar-refractivity contribution in [1.82, 2.24) is 15.6 Å². The van der Waals surface area contributed by atoms with Crippen molar-refractivity contribution in [2.45, 2.75) is 37.4 Å². The Morgan fingerprint density at radius 1 is 1.35 bits per heavy atom. The summed E-state index contributed by atoms with van der Waals surface area (Å²) in [5, 5.41) is 6.78. The van der Waals surface area contributed by atoms with Gasteiger partial charge in [0, 0.05) is 23.7 Å². The summed E-state index contributed by atoms with van der Waals surface area (Å²) in [6.07, 6.45) is 4.61. The van der Waals surface area contributed by atoms with E-state index in [1.54, 1.807) is 0 Å². The number of carbonyl (C=O) groups excluding carboxylic acids is 1. The average Bonchev–Trinajstić information content (AvgIpc) is 3.25. The van der Waals surface area contributed by atoms with Gasteiger partial charge in [-0.3, -0.25) is 4.79 Å². The van der Waals surface area contributed by atoms with Crippen LogP contribution in [-0.2, 0) is 0 Å². The van der Waals surface area contributed by atoms with Crippen LogP contribution < -0.4 is 10.6 Å². The topological polar surface area (TPSA) is 54.0 Å². The summed E-state index contributed by atoms with van der Waals surface area (Å²) in [6.45, 7) is 0. The molecule has 0 saturated carbocycles. The fraction of sp³-hybridized carbons (Fsp3) is 0.375. The number of hydrogen-bond acceptors (Lipinski definition) is 4. The van der Waals surface area contributed by atoms with Gasteiger partial charge in [-0.1, -0.05) is 0 Å². The Morgan fingerprint density at radius 2 is 2.22 bits per heavy atom. The Labute approximate surface area is 135 Å². The maximum atomic E-state index is 13.8. The predicted octanol–water partition coefficient (Wildman–Crippen LogP) is 2.71. The lowest BCUT2D eigenvalue weighted by Crippen LogP contribution is -2.42. The molecule has 1 aromatic heterocycles. The van der Waals surface area contributed by atoms with Gasteiger partial charge in [0.25, 0.3) is 5.91 Å². The van der Waals surface area contributed by atoms with Crippen molar-refractivity contribution in [1.29, 1.82) is 0 Å². The highest BCUT2D eigenvalue weighted by Crippen LogP contribution is 2.30. The number of hydrogen-bond donors (Lipinski definition) is 2. The van der Waals surface area contributed by atoms with E-state index >= 15 is 0 Å². The number of thiazole rings is 1. The van der Waals surface area contributed by atoms with Crippen LogP contribution in [-0.4, -0.2) is 29.0 Å². The largest absolute Gasteiger partial charge is 0.347 e. The number of aromatic nitrogens is 1. The van der Waals surface area contributed by atoms with Gasteiger partial charge in [0.05, 0.1) is 6.20 Å². The summed E-state index contributed by atoms with van der Waals surface area (Å²) >= 11 is 1.07. The molecule has 2 bridgehead atoms. The minimum Gasteiger partial charge on any atom is -0.347 e. The van der Waals surface area contributed by atoms with Crippen LogP contribution in [0.3, 0.4) is 0 Å². The number of nitrogens with zero attached hydrogens (tertiary/aromatic N) is 1. The lowest BCUT2D eigenvalue weighted by atomic mass is 9.95. The zero-order chi connectivity index (χ0) is 16.0. The molecule has 2 N–H and O–H groups in total.